The van der Waals surface area contributed by atoms with Gasteiger partial charge in [0.05, 0.1) is 5.69 Å². The maximum atomic E-state index is 11.6. The number of rotatable bonds is 2. The van der Waals surface area contributed by atoms with Crippen LogP contribution in [0.25, 0.3) is 0 Å². The first kappa shape index (κ1) is 13.4. The van der Waals surface area contributed by atoms with Gasteiger partial charge in [0.25, 0.3) is 0 Å². The number of carbonyl (C=O) groups is 1. The fraction of sp³-hybridized carbons (Fsp3) is 0.462. The van der Waals surface area contributed by atoms with Gasteiger partial charge in [0.1, 0.15) is 5.60 Å². The average Bonchev–Trinajstić information content (AvgIpc) is 2.14. The minimum atomic E-state index is -0.489. The Morgan fingerprint density at radius 3 is 2.53 bits per heavy atom. The Labute approximate surface area is 103 Å². The Balaban J connectivity index is 2.61. The van der Waals surface area contributed by atoms with Crippen LogP contribution in [0.4, 0.5) is 10.5 Å². The van der Waals surface area contributed by atoms with Gasteiger partial charge < -0.3 is 4.74 Å². The van der Waals surface area contributed by atoms with Gasteiger partial charge >= 0.3 is 6.09 Å². The zero-order valence-electron chi connectivity index (χ0n) is 11.1. The van der Waals surface area contributed by atoms with E-state index in [4.69, 9.17) is 4.74 Å². The molecule has 0 aliphatic rings. The molecule has 94 valence electrons. The largest absolute Gasteiger partial charge is 0.443 e. The summed E-state index contributed by atoms with van der Waals surface area (Å²) in [7, 11) is 1.78. The summed E-state index contributed by atoms with van der Waals surface area (Å²) in [4.78, 5) is 11.6. The lowest BCUT2D eigenvalue weighted by Crippen LogP contribution is -2.42. The number of carbonyl (C=O) groups excluding carboxylic acids is 1. The van der Waals surface area contributed by atoms with E-state index in [1.807, 2.05) is 52.0 Å². The third-order valence-corrected chi connectivity index (χ3v) is 2.05. The SMILES string of the molecule is Cc1cccc(N(C)NC(=O)OC(C)(C)C)c1. The Kier molecular flexibility index (Phi) is 3.99. The summed E-state index contributed by atoms with van der Waals surface area (Å²) in [5.41, 5.74) is 4.22. The lowest BCUT2D eigenvalue weighted by Gasteiger charge is -2.24. The van der Waals surface area contributed by atoms with Gasteiger partial charge in [0.15, 0.2) is 0 Å². The molecule has 1 amide bonds. The van der Waals surface area contributed by atoms with E-state index in [1.54, 1.807) is 12.1 Å². The molecule has 1 N–H and O–H groups in total. The van der Waals surface area contributed by atoms with Crippen LogP contribution in [-0.4, -0.2) is 18.7 Å². The highest BCUT2D eigenvalue weighted by Gasteiger charge is 2.17. The normalized spacial score (nSPS) is 10.9. The molecule has 0 aliphatic heterocycles. The standard InChI is InChI=1S/C13H20N2O2/c1-10-7-6-8-11(9-10)15(5)14-12(16)17-13(2,3)4/h6-9H,1-5H3,(H,14,16). The Morgan fingerprint density at radius 2 is 2.00 bits per heavy atom. The summed E-state index contributed by atoms with van der Waals surface area (Å²) < 4.78 is 5.17. The van der Waals surface area contributed by atoms with Crippen molar-refractivity contribution >= 4 is 11.8 Å². The van der Waals surface area contributed by atoms with E-state index >= 15 is 0 Å². The van der Waals surface area contributed by atoms with E-state index < -0.39 is 11.7 Å². The van der Waals surface area contributed by atoms with Gasteiger partial charge in [-0.25, -0.2) is 10.2 Å². The molecule has 0 heterocycles. The van der Waals surface area contributed by atoms with Gasteiger partial charge in [0, 0.05) is 7.05 Å². The third kappa shape index (κ3) is 4.76. The van der Waals surface area contributed by atoms with E-state index in [1.165, 1.54) is 0 Å². The van der Waals surface area contributed by atoms with Crippen LogP contribution in [0.3, 0.4) is 0 Å². The third-order valence-electron chi connectivity index (χ3n) is 2.05. The quantitative estimate of drug-likeness (QED) is 0.803. The summed E-state index contributed by atoms with van der Waals surface area (Å²) in [6.45, 7) is 7.50. The fourth-order valence-electron chi connectivity index (χ4n) is 1.34. The van der Waals surface area contributed by atoms with Crippen molar-refractivity contribution in [3.8, 4) is 0 Å². The number of hydrazine groups is 1. The van der Waals surface area contributed by atoms with Crippen molar-refractivity contribution in [2.45, 2.75) is 33.3 Å². The molecule has 0 spiro atoms. The number of nitrogens with zero attached hydrogens (tertiary/aromatic N) is 1. The Morgan fingerprint density at radius 1 is 1.35 bits per heavy atom. The summed E-state index contributed by atoms with van der Waals surface area (Å²) in [6.07, 6.45) is -0.457. The van der Waals surface area contributed by atoms with Crippen LogP contribution in [0, 0.1) is 6.92 Å². The molecule has 17 heavy (non-hydrogen) atoms. The van der Waals surface area contributed by atoms with E-state index in [0.29, 0.717) is 0 Å². The maximum Gasteiger partial charge on any atom is 0.426 e. The predicted molar refractivity (Wildman–Crippen MR) is 69.0 cm³/mol. The lowest BCUT2D eigenvalue weighted by molar-refractivity contribution is 0.0524. The second kappa shape index (κ2) is 5.08. The topological polar surface area (TPSA) is 41.6 Å². The maximum absolute atomic E-state index is 11.6. The van der Waals surface area contributed by atoms with Gasteiger partial charge in [-0.05, 0) is 45.4 Å². The summed E-state index contributed by atoms with van der Waals surface area (Å²) in [5, 5.41) is 1.64. The van der Waals surface area contributed by atoms with Gasteiger partial charge in [-0.1, -0.05) is 12.1 Å². The number of aryl methyl sites for hydroxylation is 1. The highest BCUT2D eigenvalue weighted by molar-refractivity contribution is 5.70. The zero-order chi connectivity index (χ0) is 13.1. The number of hydrogen-bond acceptors (Lipinski definition) is 3. The fourth-order valence-corrected chi connectivity index (χ4v) is 1.34. The minimum Gasteiger partial charge on any atom is -0.443 e. The van der Waals surface area contributed by atoms with Crippen LogP contribution >= 0.6 is 0 Å². The van der Waals surface area contributed by atoms with Gasteiger partial charge in [-0.3, -0.25) is 5.01 Å². The van der Waals surface area contributed by atoms with Crippen molar-refractivity contribution in [1.82, 2.24) is 5.43 Å². The van der Waals surface area contributed by atoms with Crippen molar-refractivity contribution < 1.29 is 9.53 Å². The molecule has 4 nitrogen and oxygen atoms in total. The second-order valence-electron chi connectivity index (χ2n) is 5.01. The molecule has 0 fully saturated rings. The van der Waals surface area contributed by atoms with Gasteiger partial charge in [-0.2, -0.15) is 0 Å². The summed E-state index contributed by atoms with van der Waals surface area (Å²) in [6, 6.07) is 7.85. The number of ether oxygens (including phenoxy) is 1. The highest BCUT2D eigenvalue weighted by atomic mass is 16.6. The van der Waals surface area contributed by atoms with Gasteiger partial charge in [0.2, 0.25) is 0 Å². The summed E-state index contributed by atoms with van der Waals surface area (Å²) in [5.74, 6) is 0. The molecular weight excluding hydrogens is 216 g/mol. The van der Waals surface area contributed by atoms with Crippen molar-refractivity contribution in [2.24, 2.45) is 0 Å². The van der Waals surface area contributed by atoms with Crippen LogP contribution < -0.4 is 10.4 Å². The molecule has 1 aromatic rings. The molecule has 4 heteroatoms. The van der Waals surface area contributed by atoms with Crippen LogP contribution in [-0.2, 0) is 4.74 Å². The predicted octanol–water partition coefficient (Wildman–Crippen LogP) is 2.87. The van der Waals surface area contributed by atoms with Crippen molar-refractivity contribution in [2.75, 3.05) is 12.1 Å². The van der Waals surface area contributed by atoms with E-state index in [0.717, 1.165) is 11.3 Å². The molecule has 0 bridgehead atoms. The highest BCUT2D eigenvalue weighted by Crippen LogP contribution is 2.13. The molecule has 1 aromatic carbocycles. The van der Waals surface area contributed by atoms with E-state index in [2.05, 4.69) is 5.43 Å². The van der Waals surface area contributed by atoms with Crippen molar-refractivity contribution in [1.29, 1.82) is 0 Å². The first-order chi connectivity index (χ1) is 7.78. The van der Waals surface area contributed by atoms with Crippen molar-refractivity contribution in [3.63, 3.8) is 0 Å². The van der Waals surface area contributed by atoms with E-state index in [-0.39, 0.29) is 0 Å². The molecule has 0 radical (unpaired) electrons. The Bertz CT molecular complexity index is 397. The molecule has 1 rings (SSSR count). The Hall–Kier alpha value is -1.71. The summed E-state index contributed by atoms with van der Waals surface area (Å²) >= 11 is 0. The molecule has 0 aliphatic carbocycles. The second-order valence-corrected chi connectivity index (χ2v) is 5.01. The molecular formula is C13H20N2O2. The van der Waals surface area contributed by atoms with E-state index in [9.17, 15) is 4.79 Å². The number of anilines is 1. The molecule has 0 saturated carbocycles. The van der Waals surface area contributed by atoms with Crippen LogP contribution in [0.15, 0.2) is 24.3 Å². The lowest BCUT2D eigenvalue weighted by atomic mass is 10.2. The molecule has 0 unspecified atom stereocenters. The zero-order valence-corrected chi connectivity index (χ0v) is 11.1. The van der Waals surface area contributed by atoms with Gasteiger partial charge in [-0.15, -0.1) is 0 Å². The first-order valence-corrected chi connectivity index (χ1v) is 5.58. The van der Waals surface area contributed by atoms with Crippen LogP contribution in [0.2, 0.25) is 0 Å². The average molecular weight is 236 g/mol. The smallest absolute Gasteiger partial charge is 0.426 e. The van der Waals surface area contributed by atoms with Crippen LogP contribution in [0.1, 0.15) is 26.3 Å². The molecule has 0 atom stereocenters. The van der Waals surface area contributed by atoms with Crippen molar-refractivity contribution in [3.05, 3.63) is 29.8 Å². The molecule has 0 saturated heterocycles. The number of benzene rings is 1. The molecule has 0 aromatic heterocycles. The number of hydrogen-bond donors (Lipinski definition) is 1. The first-order valence-electron chi connectivity index (χ1n) is 5.58. The monoisotopic (exact) mass is 236 g/mol. The minimum absolute atomic E-state index is 0.457. The number of amides is 1. The van der Waals surface area contributed by atoms with Crippen LogP contribution in [0.5, 0.6) is 0 Å². The number of nitrogens with one attached hydrogen (secondary N) is 1.